The molecule has 0 spiro atoms. The van der Waals surface area contributed by atoms with E-state index in [1.165, 1.54) is 232 Å². The molecule has 0 atom stereocenters. The minimum atomic E-state index is -0.125. The Bertz CT molecular complexity index is 6940. The average molecular weight is 2820 g/mol. The zero-order valence-electron chi connectivity index (χ0n) is 89.6. The van der Waals surface area contributed by atoms with Crippen molar-refractivity contribution in [3.05, 3.63) is 381 Å². The number of benzene rings is 10. The van der Waals surface area contributed by atoms with Gasteiger partial charge in [0.05, 0.1) is 56.4 Å². The van der Waals surface area contributed by atoms with Crippen LogP contribution in [0.4, 0.5) is 0 Å². The third kappa shape index (κ3) is 42.3. The molecule has 0 bridgehead atoms. The summed E-state index contributed by atoms with van der Waals surface area (Å²) in [6.45, 7) is 65.3. The SMILES string of the molecule is CC(=O)C=C(C)O.CC(=O)C=C(C)O.CC(=O)C=C(C)O.CC(=O)C=C(C)O.CC(=O)C=C(C)O.Cc1[c-]c(-c2ccc3c(C)c(C)c(C)cc3n2)cc(C)c1.Cc1[c-]c(-c2ccc3cc(C)c(C)cc3n2)cc(C)c1.Cc1[c-]c(-c2nc3cc(C)c(C)cc3cc2C)cc(C)c1.Cc1[c-]c(-c2nc3cc(C)cc(C)c3cc2C)cc(C)c1.Cc1[c-]c(-c2nc3ccc(C)c(C)c3cc2C)cc(C)c1.[Ir].[Ir].[Ir].[Ir].[Ir]. The predicted octanol–water partition coefficient (Wildman–Crippen LogP) is 31.1. The first-order valence-corrected chi connectivity index (χ1v) is 46.3. The Labute approximate surface area is 922 Å². The fourth-order valence-corrected chi connectivity index (χ4v) is 15.7. The number of ketones is 5. The number of fused-ring (bicyclic) bond motifs is 5. The van der Waals surface area contributed by atoms with Gasteiger partial charge in [-0.25, -0.2) is 0 Å². The van der Waals surface area contributed by atoms with Gasteiger partial charge >= 0.3 is 0 Å². The normalized spacial score (nSPS) is 10.8. The summed E-state index contributed by atoms with van der Waals surface area (Å²) < 4.78 is 0. The van der Waals surface area contributed by atoms with E-state index in [1.54, 1.807) is 0 Å². The molecule has 0 saturated heterocycles. The van der Waals surface area contributed by atoms with Crippen LogP contribution in [0.25, 0.3) is 111 Å². The molecule has 5 N–H and O–H groups in total. The third-order valence-electron chi connectivity index (χ3n) is 22.1. The number of carbonyl (C=O) groups excluding carboxylic acids is 5. The van der Waals surface area contributed by atoms with Gasteiger partial charge in [0.2, 0.25) is 0 Å². The van der Waals surface area contributed by atoms with Crippen molar-refractivity contribution in [1.82, 2.24) is 24.9 Å². The average Bonchev–Trinajstić information content (AvgIpc) is 1.12. The van der Waals surface area contributed by atoms with Crippen molar-refractivity contribution in [1.29, 1.82) is 0 Å². The van der Waals surface area contributed by atoms with E-state index in [9.17, 15) is 24.0 Å². The molecule has 0 aliphatic heterocycles. The van der Waals surface area contributed by atoms with Crippen LogP contribution in [0.3, 0.4) is 0 Å². The molecule has 15 aromatic rings. The number of nitrogens with zero attached hydrogens (tertiary/aromatic N) is 5. The second kappa shape index (κ2) is 61.1. The van der Waals surface area contributed by atoms with Gasteiger partial charge in [-0.05, 0) is 309 Å². The molecular formula is C124H138Ir5N5O10-5. The standard InChI is InChI=1S/4C20H20N.C19H18N.5C5H8O2.5Ir/c1-12-6-13(2)9-17(8-12)20-16(5)11-18-15(4)7-14(3)10-19(18)21-20;1-12-6-13(2)8-18(7-12)20-16(5)10-17-9-14(3)15(4)11-19(17)21-20;1-12-8-13(2)10-17(9-12)19-7-6-18-16(5)15(4)14(3)11-20(18)21-19;1-12-8-13(2)10-17(9-12)20-15(4)11-18-16(5)14(3)6-7-19(18)21-20;1-12-7-13(2)9-17(8-12)18-6-5-16-10-14(3)15(4)11-19(16)20-18;5*1-4(6)3-5(2)7;;;;;/h6-8,10-11H,1-5H3;6-7,9-11H,1-5H3;2*6-9,11H,1-5H3;5-8,10-11H,1-4H3;5*3,6H,1-2H3;;;;;/q5*-1;;;;;;;;;;. The van der Waals surface area contributed by atoms with Crippen LogP contribution in [0.1, 0.15) is 203 Å². The van der Waals surface area contributed by atoms with Crippen molar-refractivity contribution >= 4 is 83.4 Å². The first-order chi connectivity index (χ1) is 64.9. The van der Waals surface area contributed by atoms with E-state index in [0.717, 1.165) is 112 Å². The molecule has 20 heteroatoms. The first-order valence-electron chi connectivity index (χ1n) is 46.3. The van der Waals surface area contributed by atoms with Crippen LogP contribution in [0, 0.1) is 197 Å². The van der Waals surface area contributed by atoms with Crippen LogP contribution in [-0.4, -0.2) is 79.4 Å². The monoisotopic (exact) mass is 2820 g/mol. The largest absolute Gasteiger partial charge is 0.512 e. The molecule has 15 rings (SSSR count). The molecule has 769 valence electrons. The predicted molar refractivity (Wildman–Crippen MR) is 579 cm³/mol. The zero-order valence-corrected chi connectivity index (χ0v) is 102. The van der Waals surface area contributed by atoms with Crippen LogP contribution in [0.5, 0.6) is 0 Å². The molecule has 5 radical (unpaired) electrons. The van der Waals surface area contributed by atoms with Crippen molar-refractivity contribution in [3.8, 4) is 56.3 Å². The number of allylic oxidation sites excluding steroid dienone is 10. The van der Waals surface area contributed by atoms with E-state index in [2.05, 4.69) is 354 Å². The molecule has 5 heterocycles. The molecule has 0 unspecified atom stereocenters. The van der Waals surface area contributed by atoms with Crippen LogP contribution in [0.2, 0.25) is 0 Å². The Hall–Kier alpha value is -11.5. The van der Waals surface area contributed by atoms with Gasteiger partial charge in [-0.3, -0.25) is 48.9 Å². The Morgan fingerprint density at radius 2 is 0.493 bits per heavy atom. The molecule has 0 saturated carbocycles. The molecule has 144 heavy (non-hydrogen) atoms. The van der Waals surface area contributed by atoms with Crippen LogP contribution < -0.4 is 0 Å². The number of rotatable bonds is 10. The molecule has 0 aliphatic carbocycles. The summed E-state index contributed by atoms with van der Waals surface area (Å²) in [5.41, 5.74) is 45.8. The number of hydrogen-bond acceptors (Lipinski definition) is 15. The number of aliphatic hydroxyl groups is 5. The molecule has 15 nitrogen and oxygen atoms in total. The molecule has 10 aromatic carbocycles. The summed E-state index contributed by atoms with van der Waals surface area (Å²) in [6, 6.07) is 73.4. The summed E-state index contributed by atoms with van der Waals surface area (Å²) in [6.07, 6.45) is 5.83. The maximum atomic E-state index is 10.0. The summed E-state index contributed by atoms with van der Waals surface area (Å²) in [4.78, 5) is 74.5. The first kappa shape index (κ1) is 131. The molecule has 0 fully saturated rings. The quantitative estimate of drug-likeness (QED) is 0.0485. The van der Waals surface area contributed by atoms with Crippen LogP contribution >= 0.6 is 0 Å². The Kier molecular flexibility index (Phi) is 55.4. The minimum absolute atomic E-state index is 0. The number of hydrogen-bond donors (Lipinski definition) is 5. The second-order valence-electron chi connectivity index (χ2n) is 36.6. The van der Waals surface area contributed by atoms with Crippen molar-refractivity contribution in [2.45, 2.75) is 235 Å². The van der Waals surface area contributed by atoms with Crippen molar-refractivity contribution in [2.24, 2.45) is 0 Å². The zero-order chi connectivity index (χ0) is 104. The van der Waals surface area contributed by atoms with Crippen molar-refractivity contribution in [2.75, 3.05) is 0 Å². The van der Waals surface area contributed by atoms with Crippen molar-refractivity contribution in [3.63, 3.8) is 0 Å². The van der Waals surface area contributed by atoms with E-state index in [0.29, 0.717) is 0 Å². The number of aryl methyl sites for hydroxylation is 23. The Balaban J connectivity index is 0.000000824. The summed E-state index contributed by atoms with van der Waals surface area (Å²) in [5, 5.41) is 48.0. The Morgan fingerprint density at radius 3 is 0.847 bits per heavy atom. The molecule has 0 amide bonds. The molecule has 5 aromatic heterocycles. The van der Waals surface area contributed by atoms with E-state index < -0.39 is 0 Å². The number of aromatic nitrogens is 5. The van der Waals surface area contributed by atoms with Gasteiger partial charge < -0.3 is 25.5 Å². The number of carbonyl (C=O) groups is 5. The maximum Gasteiger partial charge on any atom is 0.155 e. The van der Waals surface area contributed by atoms with Gasteiger partial charge in [-0.15, -0.1) is 174 Å². The van der Waals surface area contributed by atoms with Gasteiger partial charge in [0.25, 0.3) is 0 Å². The second-order valence-corrected chi connectivity index (χ2v) is 36.6. The molecular weight excluding hydrogens is 2680 g/mol. The van der Waals surface area contributed by atoms with Gasteiger partial charge in [0, 0.05) is 147 Å². The van der Waals surface area contributed by atoms with Gasteiger partial charge in [0.1, 0.15) is 0 Å². The minimum Gasteiger partial charge on any atom is -0.512 e. The summed E-state index contributed by atoms with van der Waals surface area (Å²) in [5.74, 6) is -0.312. The molecule has 0 aliphatic rings. The number of aliphatic hydroxyl groups excluding tert-OH is 5. The topological polar surface area (TPSA) is 251 Å². The van der Waals surface area contributed by atoms with Crippen molar-refractivity contribution < 1.29 is 150 Å². The third-order valence-corrected chi connectivity index (χ3v) is 22.1. The smallest absolute Gasteiger partial charge is 0.155 e. The van der Waals surface area contributed by atoms with E-state index >= 15 is 0 Å². The summed E-state index contributed by atoms with van der Waals surface area (Å²) in [7, 11) is 0. The van der Waals surface area contributed by atoms with Crippen LogP contribution in [-0.2, 0) is 124 Å². The maximum absolute atomic E-state index is 10.0. The van der Waals surface area contributed by atoms with Gasteiger partial charge in [0.15, 0.2) is 28.9 Å². The Morgan fingerprint density at radius 1 is 0.215 bits per heavy atom. The van der Waals surface area contributed by atoms with Gasteiger partial charge in [-0.2, -0.15) is 0 Å². The fraction of sp³-hybridized carbons (Fsp3) is 0.274. The van der Waals surface area contributed by atoms with E-state index in [-0.39, 0.29) is 158 Å². The summed E-state index contributed by atoms with van der Waals surface area (Å²) >= 11 is 0. The van der Waals surface area contributed by atoms with E-state index in [4.69, 9.17) is 50.5 Å². The number of pyridine rings is 5. The fourth-order valence-electron chi connectivity index (χ4n) is 15.7. The van der Waals surface area contributed by atoms with Crippen LogP contribution in [0.15, 0.2) is 217 Å². The van der Waals surface area contributed by atoms with E-state index in [1.807, 2.05) is 0 Å². The van der Waals surface area contributed by atoms with Gasteiger partial charge in [-0.1, -0.05) is 141 Å².